The fourth-order valence-electron chi connectivity index (χ4n) is 3.24. The molecule has 1 heterocycles. The van der Waals surface area contributed by atoms with Crippen LogP contribution in [0.1, 0.15) is 42.9 Å². The predicted octanol–water partition coefficient (Wildman–Crippen LogP) is 2.50. The summed E-state index contributed by atoms with van der Waals surface area (Å²) in [6.07, 6.45) is 2.83. The SMILES string of the molecule is CCCCCN1C(=O)C(c2ccc(C)cc2C)=C(N(C)CCO)C1=O. The summed E-state index contributed by atoms with van der Waals surface area (Å²) in [5.74, 6) is -0.486. The molecule has 0 spiro atoms. The van der Waals surface area contributed by atoms with Gasteiger partial charge in [0.25, 0.3) is 11.8 Å². The van der Waals surface area contributed by atoms with Gasteiger partial charge in [0.2, 0.25) is 0 Å². The first-order chi connectivity index (χ1) is 11.9. The zero-order valence-corrected chi connectivity index (χ0v) is 15.6. The number of carbonyl (C=O) groups is 2. The molecule has 0 radical (unpaired) electrons. The van der Waals surface area contributed by atoms with Crippen LogP contribution in [0.3, 0.4) is 0 Å². The number of hydrogen-bond donors (Lipinski definition) is 1. The molecule has 0 saturated heterocycles. The van der Waals surface area contributed by atoms with Gasteiger partial charge in [0.05, 0.1) is 12.2 Å². The second kappa shape index (κ2) is 8.30. The minimum atomic E-state index is -0.257. The average molecular weight is 344 g/mol. The number of nitrogens with zero attached hydrogens (tertiary/aromatic N) is 2. The average Bonchev–Trinajstić information content (AvgIpc) is 2.80. The second-order valence-electron chi connectivity index (χ2n) is 6.66. The summed E-state index contributed by atoms with van der Waals surface area (Å²) < 4.78 is 0. The maximum Gasteiger partial charge on any atom is 0.277 e. The Morgan fingerprint density at radius 1 is 1.12 bits per heavy atom. The van der Waals surface area contributed by atoms with Crippen molar-refractivity contribution in [1.82, 2.24) is 9.80 Å². The van der Waals surface area contributed by atoms with Crippen LogP contribution in [0.5, 0.6) is 0 Å². The van der Waals surface area contributed by atoms with Crippen molar-refractivity contribution in [1.29, 1.82) is 0 Å². The zero-order valence-electron chi connectivity index (χ0n) is 15.6. The number of amides is 2. The Balaban J connectivity index is 2.47. The fraction of sp³-hybridized carbons (Fsp3) is 0.500. The van der Waals surface area contributed by atoms with Crippen LogP contribution in [0.2, 0.25) is 0 Å². The Morgan fingerprint density at radius 2 is 1.84 bits per heavy atom. The molecule has 2 rings (SSSR count). The molecular weight excluding hydrogens is 316 g/mol. The minimum absolute atomic E-state index is 0.0720. The standard InChI is InChI=1S/C20H28N2O3/c1-5-6-7-10-22-19(24)17(16-9-8-14(2)13-15(16)3)18(20(22)25)21(4)11-12-23/h8-9,13,23H,5-7,10-12H2,1-4H3. The van der Waals surface area contributed by atoms with E-state index in [1.807, 2.05) is 32.0 Å². The van der Waals surface area contributed by atoms with Crippen molar-refractivity contribution < 1.29 is 14.7 Å². The van der Waals surface area contributed by atoms with Crippen molar-refractivity contribution in [3.63, 3.8) is 0 Å². The molecule has 5 heteroatoms. The van der Waals surface area contributed by atoms with Crippen LogP contribution in [0.4, 0.5) is 0 Å². The van der Waals surface area contributed by atoms with E-state index in [0.29, 0.717) is 24.4 Å². The van der Waals surface area contributed by atoms with Crippen LogP contribution in [0.15, 0.2) is 23.9 Å². The highest BCUT2D eigenvalue weighted by atomic mass is 16.3. The second-order valence-corrected chi connectivity index (χ2v) is 6.66. The molecule has 1 aliphatic rings. The summed E-state index contributed by atoms with van der Waals surface area (Å²) in [5, 5.41) is 9.26. The van der Waals surface area contributed by atoms with E-state index in [4.69, 9.17) is 0 Å². The lowest BCUT2D eigenvalue weighted by Gasteiger charge is -2.20. The third-order valence-corrected chi connectivity index (χ3v) is 4.60. The lowest BCUT2D eigenvalue weighted by Crippen LogP contribution is -2.35. The van der Waals surface area contributed by atoms with Gasteiger partial charge in [-0.3, -0.25) is 14.5 Å². The van der Waals surface area contributed by atoms with Gasteiger partial charge in [-0.05, 0) is 31.4 Å². The number of aliphatic hydroxyl groups is 1. The zero-order chi connectivity index (χ0) is 18.6. The molecule has 1 aromatic rings. The summed E-state index contributed by atoms with van der Waals surface area (Å²) in [6, 6.07) is 5.88. The van der Waals surface area contributed by atoms with Crippen molar-refractivity contribution in [3.8, 4) is 0 Å². The molecule has 0 atom stereocenters. The summed E-state index contributed by atoms with van der Waals surface area (Å²) in [7, 11) is 1.75. The summed E-state index contributed by atoms with van der Waals surface area (Å²) in [6.45, 7) is 6.73. The molecule has 0 unspecified atom stereocenters. The number of aryl methyl sites for hydroxylation is 2. The van der Waals surface area contributed by atoms with E-state index in [1.165, 1.54) is 4.90 Å². The topological polar surface area (TPSA) is 60.9 Å². The first-order valence-corrected chi connectivity index (χ1v) is 8.92. The number of imide groups is 1. The Bertz CT molecular complexity index is 694. The van der Waals surface area contributed by atoms with Crippen LogP contribution in [0, 0.1) is 13.8 Å². The van der Waals surface area contributed by atoms with Crippen molar-refractivity contribution in [2.75, 3.05) is 26.7 Å². The van der Waals surface area contributed by atoms with Crippen LogP contribution in [-0.2, 0) is 9.59 Å². The lowest BCUT2D eigenvalue weighted by molar-refractivity contribution is -0.137. The van der Waals surface area contributed by atoms with Gasteiger partial charge >= 0.3 is 0 Å². The van der Waals surface area contributed by atoms with Gasteiger partial charge in [0.1, 0.15) is 5.70 Å². The van der Waals surface area contributed by atoms with Gasteiger partial charge in [-0.2, -0.15) is 0 Å². The van der Waals surface area contributed by atoms with Gasteiger partial charge in [0.15, 0.2) is 0 Å². The maximum absolute atomic E-state index is 13.0. The smallest absolute Gasteiger partial charge is 0.277 e. The van der Waals surface area contributed by atoms with E-state index < -0.39 is 0 Å². The van der Waals surface area contributed by atoms with Crippen LogP contribution in [-0.4, -0.2) is 53.5 Å². The molecule has 0 bridgehead atoms. The normalized spacial score (nSPS) is 14.7. The first kappa shape index (κ1) is 19.2. The summed E-state index contributed by atoms with van der Waals surface area (Å²) in [4.78, 5) is 29.0. The summed E-state index contributed by atoms with van der Waals surface area (Å²) in [5.41, 5.74) is 3.73. The van der Waals surface area contributed by atoms with Crippen LogP contribution < -0.4 is 0 Å². The van der Waals surface area contributed by atoms with Crippen LogP contribution in [0.25, 0.3) is 5.57 Å². The van der Waals surface area contributed by atoms with Gasteiger partial charge in [0, 0.05) is 20.1 Å². The summed E-state index contributed by atoms with van der Waals surface area (Å²) >= 11 is 0. The maximum atomic E-state index is 13.0. The largest absolute Gasteiger partial charge is 0.395 e. The van der Waals surface area contributed by atoms with E-state index in [0.717, 1.165) is 36.0 Å². The Labute approximate surface area is 149 Å². The van der Waals surface area contributed by atoms with Gasteiger partial charge in [-0.25, -0.2) is 0 Å². The molecule has 2 amide bonds. The molecule has 0 aliphatic carbocycles. The van der Waals surface area contributed by atoms with Gasteiger partial charge in [-0.15, -0.1) is 0 Å². The Hall–Kier alpha value is -2.14. The molecule has 1 N–H and O–H groups in total. The van der Waals surface area contributed by atoms with Crippen molar-refractivity contribution in [2.24, 2.45) is 0 Å². The third-order valence-electron chi connectivity index (χ3n) is 4.60. The third kappa shape index (κ3) is 3.93. The highest BCUT2D eigenvalue weighted by Gasteiger charge is 2.40. The van der Waals surface area contributed by atoms with E-state index in [9.17, 15) is 14.7 Å². The van der Waals surface area contributed by atoms with Crippen molar-refractivity contribution in [3.05, 3.63) is 40.6 Å². The number of hydrogen-bond acceptors (Lipinski definition) is 4. The van der Waals surface area contributed by atoms with Gasteiger partial charge < -0.3 is 10.0 Å². The minimum Gasteiger partial charge on any atom is -0.395 e. The molecule has 1 aliphatic heterocycles. The van der Waals surface area contributed by atoms with Crippen molar-refractivity contribution in [2.45, 2.75) is 40.0 Å². The molecule has 0 fully saturated rings. The molecule has 25 heavy (non-hydrogen) atoms. The van der Waals surface area contributed by atoms with E-state index in [1.54, 1.807) is 11.9 Å². The lowest BCUT2D eigenvalue weighted by atomic mass is 9.97. The molecule has 5 nitrogen and oxygen atoms in total. The first-order valence-electron chi connectivity index (χ1n) is 8.92. The predicted molar refractivity (Wildman–Crippen MR) is 98.8 cm³/mol. The quantitative estimate of drug-likeness (QED) is 0.581. The fourth-order valence-corrected chi connectivity index (χ4v) is 3.24. The number of unbranched alkanes of at least 4 members (excludes halogenated alkanes) is 2. The Kier molecular flexibility index (Phi) is 6.37. The number of aliphatic hydroxyl groups excluding tert-OH is 1. The number of benzene rings is 1. The Morgan fingerprint density at radius 3 is 2.44 bits per heavy atom. The molecule has 0 aromatic heterocycles. The molecular formula is C20H28N2O3. The van der Waals surface area contributed by atoms with E-state index >= 15 is 0 Å². The molecule has 1 aromatic carbocycles. The molecule has 0 saturated carbocycles. The van der Waals surface area contributed by atoms with Gasteiger partial charge in [-0.1, -0.05) is 43.5 Å². The highest BCUT2D eigenvalue weighted by molar-refractivity contribution is 6.35. The highest BCUT2D eigenvalue weighted by Crippen LogP contribution is 2.33. The van der Waals surface area contributed by atoms with Crippen molar-refractivity contribution >= 4 is 17.4 Å². The van der Waals surface area contributed by atoms with Crippen LogP contribution >= 0.6 is 0 Å². The number of carbonyl (C=O) groups excluding carboxylic acids is 2. The molecule has 136 valence electrons. The number of rotatable bonds is 8. The number of likely N-dealkylation sites (N-methyl/N-ethyl adjacent to an activating group) is 1. The monoisotopic (exact) mass is 344 g/mol. The van der Waals surface area contributed by atoms with E-state index in [-0.39, 0.29) is 18.4 Å². The van der Waals surface area contributed by atoms with E-state index in [2.05, 4.69) is 6.92 Å².